The average Bonchev–Trinajstić information content (AvgIpc) is 2.86. The van der Waals surface area contributed by atoms with E-state index in [0.717, 1.165) is 22.2 Å². The van der Waals surface area contributed by atoms with Crippen LogP contribution >= 0.6 is 11.6 Å². The number of benzene rings is 1. The van der Waals surface area contributed by atoms with Crippen LogP contribution in [0.4, 0.5) is 0 Å². The molecule has 0 aliphatic rings. The fourth-order valence-corrected chi connectivity index (χ4v) is 2.38. The van der Waals surface area contributed by atoms with E-state index in [4.69, 9.17) is 16.0 Å². The van der Waals surface area contributed by atoms with Crippen LogP contribution in [0, 0.1) is 0 Å². The average molecular weight is 273 g/mol. The molecule has 0 bridgehead atoms. The van der Waals surface area contributed by atoms with Gasteiger partial charge in [0.1, 0.15) is 5.76 Å². The summed E-state index contributed by atoms with van der Waals surface area (Å²) in [5.41, 5.74) is 2.10. The molecule has 1 N–H and O–H groups in total. The zero-order valence-corrected chi connectivity index (χ0v) is 11.2. The Balaban J connectivity index is 2.06. The van der Waals surface area contributed by atoms with Crippen LogP contribution in [0.1, 0.15) is 17.4 Å². The zero-order valence-electron chi connectivity index (χ0n) is 10.4. The number of rotatable bonds is 3. The highest BCUT2D eigenvalue weighted by atomic mass is 35.5. The number of hydrogen-bond acceptors (Lipinski definition) is 3. The maximum Gasteiger partial charge on any atom is 0.193 e. The van der Waals surface area contributed by atoms with Gasteiger partial charge in [0, 0.05) is 11.6 Å². The topological polar surface area (TPSA) is 38.1 Å². The minimum atomic E-state index is -0.0166. The first-order valence-electron chi connectivity index (χ1n) is 6.05. The normalized spacial score (nSPS) is 12.7. The predicted octanol–water partition coefficient (Wildman–Crippen LogP) is 3.79. The second-order valence-electron chi connectivity index (χ2n) is 4.32. The molecule has 0 saturated heterocycles. The Bertz CT molecular complexity index is 708. The number of halogens is 1. The van der Waals surface area contributed by atoms with E-state index in [-0.39, 0.29) is 6.04 Å². The molecule has 0 spiro atoms. The third-order valence-electron chi connectivity index (χ3n) is 3.13. The van der Waals surface area contributed by atoms with Crippen LogP contribution in [-0.2, 0) is 0 Å². The molecule has 2 aromatic heterocycles. The molecule has 0 saturated carbocycles. The van der Waals surface area contributed by atoms with Gasteiger partial charge in [-0.05, 0) is 54.5 Å². The largest absolute Gasteiger partial charge is 0.448 e. The first kappa shape index (κ1) is 12.2. The molecule has 1 aromatic carbocycles. The van der Waals surface area contributed by atoms with Gasteiger partial charge in [0.2, 0.25) is 0 Å². The molecule has 3 aromatic rings. The Morgan fingerprint density at radius 1 is 1.21 bits per heavy atom. The minimum absolute atomic E-state index is 0.0166. The first-order chi connectivity index (χ1) is 9.28. The number of aromatic nitrogens is 1. The molecule has 4 heteroatoms. The summed E-state index contributed by atoms with van der Waals surface area (Å²) in [7, 11) is 1.90. The molecule has 3 nitrogen and oxygen atoms in total. The van der Waals surface area contributed by atoms with Crippen LogP contribution in [0.25, 0.3) is 10.9 Å². The number of nitrogens with one attached hydrogen (secondary N) is 1. The summed E-state index contributed by atoms with van der Waals surface area (Å²) in [6.45, 7) is 0. The van der Waals surface area contributed by atoms with Gasteiger partial charge in [-0.15, -0.1) is 0 Å². The maximum absolute atomic E-state index is 5.84. The molecule has 0 amide bonds. The molecule has 0 aliphatic heterocycles. The molecule has 1 atom stereocenters. The fraction of sp³-hybridized carbons (Fsp3) is 0.133. The van der Waals surface area contributed by atoms with Gasteiger partial charge in [-0.3, -0.25) is 4.98 Å². The quantitative estimate of drug-likeness (QED) is 0.788. The summed E-state index contributed by atoms with van der Waals surface area (Å²) < 4.78 is 5.49. The third kappa shape index (κ3) is 2.35. The standard InChI is InChI=1S/C15H13ClN2O/c1-17-15(13-6-7-14(16)19-13)11-4-5-12-10(9-11)3-2-8-18-12/h2-9,15,17H,1H3. The number of pyridine rings is 1. The Morgan fingerprint density at radius 2 is 2.11 bits per heavy atom. The van der Waals surface area contributed by atoms with Gasteiger partial charge in [-0.1, -0.05) is 12.1 Å². The number of furan rings is 1. The van der Waals surface area contributed by atoms with E-state index in [2.05, 4.69) is 16.4 Å². The molecular weight excluding hydrogens is 260 g/mol. The van der Waals surface area contributed by atoms with Crippen molar-refractivity contribution in [2.45, 2.75) is 6.04 Å². The van der Waals surface area contributed by atoms with Crippen LogP contribution < -0.4 is 5.32 Å². The lowest BCUT2D eigenvalue weighted by molar-refractivity contribution is 0.465. The molecule has 0 fully saturated rings. The van der Waals surface area contributed by atoms with Crippen molar-refractivity contribution in [3.63, 3.8) is 0 Å². The molecule has 0 aliphatic carbocycles. The van der Waals surface area contributed by atoms with Crippen molar-refractivity contribution in [3.8, 4) is 0 Å². The molecular formula is C15H13ClN2O. The van der Waals surface area contributed by atoms with Gasteiger partial charge in [-0.25, -0.2) is 0 Å². The van der Waals surface area contributed by atoms with Crippen molar-refractivity contribution >= 4 is 22.5 Å². The van der Waals surface area contributed by atoms with Gasteiger partial charge in [0.05, 0.1) is 11.6 Å². The maximum atomic E-state index is 5.84. The predicted molar refractivity (Wildman–Crippen MR) is 76.4 cm³/mol. The summed E-state index contributed by atoms with van der Waals surface area (Å²) >= 11 is 5.84. The van der Waals surface area contributed by atoms with Crippen LogP contribution in [0.5, 0.6) is 0 Å². The Kier molecular flexibility index (Phi) is 3.23. The summed E-state index contributed by atoms with van der Waals surface area (Å²) in [6, 6.07) is 13.8. The molecule has 0 radical (unpaired) electrons. The van der Waals surface area contributed by atoms with Gasteiger partial charge in [0.15, 0.2) is 5.22 Å². The smallest absolute Gasteiger partial charge is 0.193 e. The van der Waals surface area contributed by atoms with Gasteiger partial charge < -0.3 is 9.73 Å². The number of hydrogen-bond donors (Lipinski definition) is 1. The molecule has 96 valence electrons. The van der Waals surface area contributed by atoms with E-state index < -0.39 is 0 Å². The summed E-state index contributed by atoms with van der Waals surface area (Å²) in [4.78, 5) is 4.32. The van der Waals surface area contributed by atoms with Gasteiger partial charge >= 0.3 is 0 Å². The highest BCUT2D eigenvalue weighted by molar-refractivity contribution is 6.28. The Hall–Kier alpha value is -1.84. The summed E-state index contributed by atoms with van der Waals surface area (Å²) in [6.07, 6.45) is 1.80. The number of nitrogens with zero attached hydrogens (tertiary/aromatic N) is 1. The van der Waals surface area contributed by atoms with E-state index >= 15 is 0 Å². The second kappa shape index (κ2) is 5.03. The fourth-order valence-electron chi connectivity index (χ4n) is 2.23. The SMILES string of the molecule is CNC(c1ccc2ncccc2c1)c1ccc(Cl)o1. The van der Waals surface area contributed by atoms with E-state index in [0.29, 0.717) is 5.22 Å². The second-order valence-corrected chi connectivity index (χ2v) is 4.69. The lowest BCUT2D eigenvalue weighted by atomic mass is 10.0. The van der Waals surface area contributed by atoms with E-state index in [1.807, 2.05) is 37.4 Å². The molecule has 2 heterocycles. The van der Waals surface area contributed by atoms with Crippen molar-refractivity contribution in [2.75, 3.05) is 7.05 Å². The van der Waals surface area contributed by atoms with E-state index in [9.17, 15) is 0 Å². The Labute approximate surface area is 116 Å². The van der Waals surface area contributed by atoms with Crippen LogP contribution in [0.2, 0.25) is 5.22 Å². The highest BCUT2D eigenvalue weighted by Crippen LogP contribution is 2.27. The van der Waals surface area contributed by atoms with Crippen LogP contribution in [0.15, 0.2) is 53.1 Å². The lowest BCUT2D eigenvalue weighted by Crippen LogP contribution is -2.16. The molecule has 1 unspecified atom stereocenters. The van der Waals surface area contributed by atoms with E-state index in [1.54, 1.807) is 12.3 Å². The van der Waals surface area contributed by atoms with E-state index in [1.165, 1.54) is 0 Å². The van der Waals surface area contributed by atoms with Crippen molar-refractivity contribution in [1.82, 2.24) is 10.3 Å². The Morgan fingerprint density at radius 3 is 2.84 bits per heavy atom. The number of fused-ring (bicyclic) bond motifs is 1. The molecule has 19 heavy (non-hydrogen) atoms. The summed E-state index contributed by atoms with van der Waals surface area (Å²) in [5, 5.41) is 4.75. The molecule has 3 rings (SSSR count). The van der Waals surface area contributed by atoms with Crippen molar-refractivity contribution < 1.29 is 4.42 Å². The third-order valence-corrected chi connectivity index (χ3v) is 3.33. The van der Waals surface area contributed by atoms with Crippen molar-refractivity contribution in [3.05, 3.63) is 65.2 Å². The van der Waals surface area contributed by atoms with Crippen molar-refractivity contribution in [1.29, 1.82) is 0 Å². The summed E-state index contributed by atoms with van der Waals surface area (Å²) in [5.74, 6) is 0.802. The van der Waals surface area contributed by atoms with Gasteiger partial charge in [0.25, 0.3) is 0 Å². The monoisotopic (exact) mass is 272 g/mol. The van der Waals surface area contributed by atoms with Crippen LogP contribution in [0.3, 0.4) is 0 Å². The van der Waals surface area contributed by atoms with Crippen molar-refractivity contribution in [2.24, 2.45) is 0 Å². The minimum Gasteiger partial charge on any atom is -0.448 e. The first-order valence-corrected chi connectivity index (χ1v) is 6.43. The zero-order chi connectivity index (χ0) is 13.2. The van der Waals surface area contributed by atoms with Gasteiger partial charge in [-0.2, -0.15) is 0 Å². The lowest BCUT2D eigenvalue weighted by Gasteiger charge is -2.14. The highest BCUT2D eigenvalue weighted by Gasteiger charge is 2.16. The van der Waals surface area contributed by atoms with Crippen LogP contribution in [-0.4, -0.2) is 12.0 Å².